The first-order chi connectivity index (χ1) is 3.46. The molecule has 0 amide bonds. The Morgan fingerprint density at radius 3 is 0.800 bits per heavy atom. The molecule has 0 saturated heterocycles. The Morgan fingerprint density at radius 2 is 0.800 bits per heavy atom. The van der Waals surface area contributed by atoms with Gasteiger partial charge in [0.2, 0.25) is 0 Å². The van der Waals surface area contributed by atoms with E-state index in [2.05, 4.69) is 0 Å². The molecular weight excluding hydrogens is 338 g/mol. The minimum absolute atomic E-state index is 0. The SMILES string of the molecule is O=S([O-])[O-].O=S([O-])[O-].[Cd+2].[Zn+2]. The molecule has 6 nitrogen and oxygen atoms in total. The van der Waals surface area contributed by atoms with Crippen molar-refractivity contribution in [1.82, 2.24) is 0 Å². The number of hydrogen-bond donors (Lipinski definition) is 0. The Hall–Kier alpha value is 1.69. The van der Waals surface area contributed by atoms with Crippen molar-refractivity contribution < 1.29 is 73.4 Å². The quantitative estimate of drug-likeness (QED) is 0.371. The predicted octanol–water partition coefficient (Wildman–Crippen LogP) is -2.01. The molecule has 10 heteroatoms. The summed E-state index contributed by atoms with van der Waals surface area (Å²) >= 11 is -6.22. The third-order valence-corrected chi connectivity index (χ3v) is 0. The Balaban J connectivity index is -0.0000000300. The van der Waals surface area contributed by atoms with Crippen molar-refractivity contribution in [3.63, 3.8) is 0 Å². The minimum Gasteiger partial charge on any atom is -0.784 e. The number of hydrogen-bond acceptors (Lipinski definition) is 6. The molecule has 0 aliphatic heterocycles. The van der Waals surface area contributed by atoms with Gasteiger partial charge >= 0.3 is 46.8 Å². The van der Waals surface area contributed by atoms with Crippen LogP contribution in [-0.4, -0.2) is 26.6 Å². The molecule has 0 aromatic rings. The van der Waals surface area contributed by atoms with Gasteiger partial charge in [0, 0.05) is 0 Å². The molecule has 0 aromatic carbocycles. The van der Waals surface area contributed by atoms with Crippen molar-refractivity contribution in [3.8, 4) is 0 Å². The number of rotatable bonds is 0. The standard InChI is InChI=1S/Cd.2H2O3S.Zn/c;2*1-4(2)3;/h;2*(H2,1,2,3);/q+2;;;+2/p-4. The van der Waals surface area contributed by atoms with Crippen LogP contribution in [0.5, 0.6) is 0 Å². The average molecular weight is 338 g/mol. The van der Waals surface area contributed by atoms with Gasteiger partial charge in [-0.05, 0) is 0 Å². The third kappa shape index (κ3) is 257. The van der Waals surface area contributed by atoms with E-state index in [1.165, 1.54) is 0 Å². The predicted molar refractivity (Wildman–Crippen MR) is 19.4 cm³/mol. The van der Waals surface area contributed by atoms with Gasteiger partial charge in [0.25, 0.3) is 0 Å². The van der Waals surface area contributed by atoms with Crippen molar-refractivity contribution in [3.05, 3.63) is 0 Å². The summed E-state index contributed by atoms with van der Waals surface area (Å²) < 4.78 is 50.7. The molecule has 0 spiro atoms. The van der Waals surface area contributed by atoms with E-state index >= 15 is 0 Å². The molecule has 0 atom stereocenters. The second-order valence-electron chi connectivity index (χ2n) is 0.408. The van der Waals surface area contributed by atoms with E-state index in [9.17, 15) is 0 Å². The van der Waals surface area contributed by atoms with E-state index in [0.717, 1.165) is 0 Å². The van der Waals surface area contributed by atoms with E-state index in [1.54, 1.807) is 0 Å². The van der Waals surface area contributed by atoms with Gasteiger partial charge < -0.3 is 18.2 Å². The fourth-order valence-electron chi connectivity index (χ4n) is 0. The maximum Gasteiger partial charge on any atom is 2.00 e. The van der Waals surface area contributed by atoms with E-state index < -0.39 is 22.7 Å². The fraction of sp³-hybridized carbons (Fsp3) is 0. The monoisotopic (exact) mass is 338 g/mol. The first kappa shape index (κ1) is 22.6. The Kier molecular flexibility index (Phi) is 38.3. The molecule has 10 heavy (non-hydrogen) atoms. The van der Waals surface area contributed by atoms with Crippen LogP contribution in [0.4, 0.5) is 0 Å². The summed E-state index contributed by atoms with van der Waals surface area (Å²) in [6.45, 7) is 0. The van der Waals surface area contributed by atoms with Crippen LogP contribution < -0.4 is 0 Å². The molecule has 0 aromatic heterocycles. The van der Waals surface area contributed by atoms with E-state index in [4.69, 9.17) is 26.6 Å². The normalized spacial score (nSPS) is 7.00. The van der Waals surface area contributed by atoms with Gasteiger partial charge in [-0.25, -0.2) is 0 Å². The van der Waals surface area contributed by atoms with Crippen LogP contribution in [0.25, 0.3) is 0 Å². The molecule has 0 rings (SSSR count). The Bertz CT molecular complexity index is 73.7. The smallest absolute Gasteiger partial charge is 0.784 e. The van der Waals surface area contributed by atoms with Gasteiger partial charge in [-0.3, -0.25) is 8.42 Å². The second-order valence-corrected chi connectivity index (χ2v) is 1.22. The van der Waals surface area contributed by atoms with Crippen LogP contribution in [0.2, 0.25) is 0 Å². The molecule has 0 saturated carbocycles. The van der Waals surface area contributed by atoms with Crippen molar-refractivity contribution in [2.24, 2.45) is 0 Å². The van der Waals surface area contributed by atoms with Crippen LogP contribution in [0, 0.1) is 0 Å². The molecule has 0 aliphatic carbocycles. The van der Waals surface area contributed by atoms with E-state index in [1.807, 2.05) is 0 Å². The third-order valence-electron chi connectivity index (χ3n) is 0. The summed E-state index contributed by atoms with van der Waals surface area (Å²) in [5.74, 6) is 0. The van der Waals surface area contributed by atoms with Gasteiger partial charge in [-0.1, -0.05) is 0 Å². The Morgan fingerprint density at radius 1 is 0.800 bits per heavy atom. The molecular formula is CdO6S2Zn. The molecule has 0 aliphatic rings. The molecule has 52 valence electrons. The van der Waals surface area contributed by atoms with Crippen LogP contribution in [-0.2, 0) is 69.5 Å². The molecule has 0 N–H and O–H groups in total. The van der Waals surface area contributed by atoms with Gasteiger partial charge in [0.05, 0.1) is 0 Å². The first-order valence-electron chi connectivity index (χ1n) is 1.00. The zero-order chi connectivity index (χ0) is 7.15. The summed E-state index contributed by atoms with van der Waals surface area (Å²) in [6.07, 6.45) is 0. The van der Waals surface area contributed by atoms with Gasteiger partial charge in [0.15, 0.2) is 0 Å². The molecule has 0 unspecified atom stereocenters. The molecule has 0 bridgehead atoms. The molecule has 0 radical (unpaired) electrons. The zero-order valence-electron chi connectivity index (χ0n) is 4.68. The topological polar surface area (TPSA) is 126 Å². The summed E-state index contributed by atoms with van der Waals surface area (Å²) in [6, 6.07) is 0. The van der Waals surface area contributed by atoms with Crippen molar-refractivity contribution in [1.29, 1.82) is 0 Å². The van der Waals surface area contributed by atoms with Crippen LogP contribution in [0.1, 0.15) is 0 Å². The summed E-state index contributed by atoms with van der Waals surface area (Å²) in [5.41, 5.74) is 0. The Labute approximate surface area is 95.3 Å². The second kappa shape index (κ2) is 17.0. The fourth-order valence-corrected chi connectivity index (χ4v) is 0. The minimum atomic E-state index is -3.11. The van der Waals surface area contributed by atoms with E-state index in [0.29, 0.717) is 0 Å². The van der Waals surface area contributed by atoms with Crippen molar-refractivity contribution >= 4 is 22.7 Å². The summed E-state index contributed by atoms with van der Waals surface area (Å²) in [7, 11) is 0. The average Bonchev–Trinajstić information content (AvgIpc) is 1.25. The maximum absolute atomic E-state index is 8.44. The largest absolute Gasteiger partial charge is 2.00 e. The van der Waals surface area contributed by atoms with Crippen LogP contribution in [0.3, 0.4) is 0 Å². The van der Waals surface area contributed by atoms with Gasteiger partial charge in [-0.15, -0.1) is 22.7 Å². The van der Waals surface area contributed by atoms with Crippen molar-refractivity contribution in [2.75, 3.05) is 0 Å². The summed E-state index contributed by atoms with van der Waals surface area (Å²) in [5, 5.41) is 0. The van der Waals surface area contributed by atoms with E-state index in [-0.39, 0.29) is 46.8 Å². The van der Waals surface area contributed by atoms with Gasteiger partial charge in [0.1, 0.15) is 0 Å². The summed E-state index contributed by atoms with van der Waals surface area (Å²) in [4.78, 5) is 0. The maximum atomic E-state index is 8.44. The molecule has 0 heterocycles. The van der Waals surface area contributed by atoms with Crippen molar-refractivity contribution in [2.45, 2.75) is 0 Å². The van der Waals surface area contributed by atoms with Crippen LogP contribution >= 0.6 is 0 Å². The zero-order valence-corrected chi connectivity index (χ0v) is 13.3. The molecule has 0 fully saturated rings. The van der Waals surface area contributed by atoms with Crippen LogP contribution in [0.15, 0.2) is 0 Å². The van der Waals surface area contributed by atoms with Gasteiger partial charge in [-0.2, -0.15) is 0 Å². The first-order valence-corrected chi connectivity index (χ1v) is 3.00.